The first-order chi connectivity index (χ1) is 10.2. The summed E-state index contributed by atoms with van der Waals surface area (Å²) >= 11 is 0. The van der Waals surface area contributed by atoms with Gasteiger partial charge >= 0.3 is 11.9 Å². The molecule has 0 amide bonds. The molecule has 1 saturated carbocycles. The molecular weight excluding hydrogens is 268 g/mol. The van der Waals surface area contributed by atoms with E-state index in [2.05, 4.69) is 12.1 Å². The van der Waals surface area contributed by atoms with Gasteiger partial charge in [-0.05, 0) is 24.8 Å². The Bertz CT molecular complexity index is 511. The molecule has 1 aromatic rings. The predicted molar refractivity (Wildman–Crippen MR) is 76.6 cm³/mol. The summed E-state index contributed by atoms with van der Waals surface area (Å²) in [7, 11) is 0. The van der Waals surface area contributed by atoms with Crippen molar-refractivity contribution in [3.05, 3.63) is 35.9 Å². The number of carbonyl (C=O) groups excluding carboxylic acids is 2. The molecule has 0 aromatic heterocycles. The highest BCUT2D eigenvalue weighted by atomic mass is 16.6. The van der Waals surface area contributed by atoms with Crippen LogP contribution in [-0.2, 0) is 19.1 Å². The van der Waals surface area contributed by atoms with Gasteiger partial charge in [0.1, 0.15) is 6.10 Å². The summed E-state index contributed by atoms with van der Waals surface area (Å²) in [4.78, 5) is 23.2. The van der Waals surface area contributed by atoms with Crippen LogP contribution in [0.25, 0.3) is 0 Å². The Kier molecular flexibility index (Phi) is 4.23. The van der Waals surface area contributed by atoms with Crippen LogP contribution in [0.5, 0.6) is 0 Å². The van der Waals surface area contributed by atoms with Crippen LogP contribution in [0.1, 0.15) is 50.0 Å². The molecule has 0 bridgehead atoms. The molecule has 1 aromatic carbocycles. The van der Waals surface area contributed by atoms with E-state index in [1.807, 2.05) is 18.2 Å². The number of cyclic esters (lactones) is 1. The molecule has 0 unspecified atom stereocenters. The highest BCUT2D eigenvalue weighted by Gasteiger charge is 2.35. The van der Waals surface area contributed by atoms with Crippen LogP contribution in [-0.4, -0.2) is 24.1 Å². The average molecular weight is 288 g/mol. The molecule has 1 heterocycles. The Labute approximate surface area is 124 Å². The SMILES string of the molecule is O=C1CC[C@H](C(=O)O[C@@H]2CCCC[C@H]2c2ccccc2)O1. The number of hydrogen-bond donors (Lipinski definition) is 0. The van der Waals surface area contributed by atoms with E-state index in [1.54, 1.807) is 0 Å². The highest BCUT2D eigenvalue weighted by molar-refractivity contribution is 5.82. The fourth-order valence-electron chi connectivity index (χ4n) is 3.24. The summed E-state index contributed by atoms with van der Waals surface area (Å²) in [6, 6.07) is 10.2. The predicted octanol–water partition coefficient (Wildman–Crippen LogP) is 2.96. The molecule has 21 heavy (non-hydrogen) atoms. The highest BCUT2D eigenvalue weighted by Crippen LogP contribution is 2.35. The minimum atomic E-state index is -0.698. The molecule has 1 aliphatic carbocycles. The second kappa shape index (κ2) is 6.29. The third kappa shape index (κ3) is 3.26. The van der Waals surface area contributed by atoms with E-state index in [0.717, 1.165) is 25.7 Å². The van der Waals surface area contributed by atoms with Gasteiger partial charge < -0.3 is 9.47 Å². The standard InChI is InChI=1S/C17H20O4/c18-16-11-10-15(20-16)17(19)21-14-9-5-4-8-13(14)12-6-2-1-3-7-12/h1-3,6-7,13-15H,4-5,8-11H2/t13-,14+,15+/m0/s1. The Morgan fingerprint density at radius 3 is 2.57 bits per heavy atom. The summed E-state index contributed by atoms with van der Waals surface area (Å²) < 4.78 is 10.7. The lowest BCUT2D eigenvalue weighted by Crippen LogP contribution is -2.33. The molecule has 4 heteroatoms. The molecule has 1 saturated heterocycles. The van der Waals surface area contributed by atoms with Gasteiger partial charge in [0.2, 0.25) is 0 Å². The summed E-state index contributed by atoms with van der Waals surface area (Å²) in [6.45, 7) is 0. The number of benzene rings is 1. The molecule has 3 rings (SSSR count). The van der Waals surface area contributed by atoms with Gasteiger partial charge in [0, 0.05) is 18.8 Å². The quantitative estimate of drug-likeness (QED) is 0.802. The number of rotatable bonds is 3. The average Bonchev–Trinajstić information content (AvgIpc) is 2.95. The van der Waals surface area contributed by atoms with Crippen molar-refractivity contribution in [2.24, 2.45) is 0 Å². The van der Waals surface area contributed by atoms with Crippen molar-refractivity contribution in [1.82, 2.24) is 0 Å². The van der Waals surface area contributed by atoms with Crippen molar-refractivity contribution in [2.45, 2.75) is 56.7 Å². The van der Waals surface area contributed by atoms with Crippen LogP contribution in [0, 0.1) is 0 Å². The van der Waals surface area contributed by atoms with Gasteiger partial charge in [-0.3, -0.25) is 4.79 Å². The van der Waals surface area contributed by atoms with Crippen LogP contribution in [0.2, 0.25) is 0 Å². The zero-order valence-corrected chi connectivity index (χ0v) is 12.0. The van der Waals surface area contributed by atoms with E-state index < -0.39 is 6.10 Å². The van der Waals surface area contributed by atoms with Crippen molar-refractivity contribution >= 4 is 11.9 Å². The molecule has 1 aliphatic heterocycles. The largest absolute Gasteiger partial charge is 0.459 e. The van der Waals surface area contributed by atoms with E-state index in [0.29, 0.717) is 12.8 Å². The van der Waals surface area contributed by atoms with Crippen molar-refractivity contribution < 1.29 is 19.1 Å². The zero-order valence-electron chi connectivity index (χ0n) is 12.0. The molecule has 112 valence electrons. The van der Waals surface area contributed by atoms with E-state index in [1.165, 1.54) is 5.56 Å². The molecule has 0 N–H and O–H groups in total. The first-order valence-corrected chi connectivity index (χ1v) is 7.69. The Balaban J connectivity index is 1.67. The van der Waals surface area contributed by atoms with E-state index >= 15 is 0 Å². The Morgan fingerprint density at radius 2 is 1.86 bits per heavy atom. The maximum Gasteiger partial charge on any atom is 0.347 e. The van der Waals surface area contributed by atoms with E-state index in [4.69, 9.17) is 9.47 Å². The van der Waals surface area contributed by atoms with Gasteiger partial charge in [-0.25, -0.2) is 4.79 Å². The lowest BCUT2D eigenvalue weighted by Gasteiger charge is -2.32. The van der Waals surface area contributed by atoms with Gasteiger partial charge in [-0.2, -0.15) is 0 Å². The molecule has 0 spiro atoms. The summed E-state index contributed by atoms with van der Waals surface area (Å²) in [5.41, 5.74) is 1.22. The molecule has 4 nitrogen and oxygen atoms in total. The number of hydrogen-bond acceptors (Lipinski definition) is 4. The fourth-order valence-corrected chi connectivity index (χ4v) is 3.24. The summed E-state index contributed by atoms with van der Waals surface area (Å²) in [5, 5.41) is 0. The third-order valence-corrected chi connectivity index (χ3v) is 4.35. The Hall–Kier alpha value is -1.84. The van der Waals surface area contributed by atoms with Gasteiger partial charge in [-0.15, -0.1) is 0 Å². The van der Waals surface area contributed by atoms with E-state index in [-0.39, 0.29) is 24.0 Å². The Morgan fingerprint density at radius 1 is 1.10 bits per heavy atom. The maximum absolute atomic E-state index is 12.1. The molecule has 2 aliphatic rings. The lowest BCUT2D eigenvalue weighted by molar-refractivity contribution is -0.167. The molecule has 3 atom stereocenters. The number of carbonyl (C=O) groups is 2. The lowest BCUT2D eigenvalue weighted by atomic mass is 9.81. The van der Waals surface area contributed by atoms with Gasteiger partial charge in [-0.1, -0.05) is 36.8 Å². The van der Waals surface area contributed by atoms with Crippen molar-refractivity contribution in [3.63, 3.8) is 0 Å². The van der Waals surface area contributed by atoms with Gasteiger partial charge in [0.15, 0.2) is 6.10 Å². The van der Waals surface area contributed by atoms with Gasteiger partial charge in [0.25, 0.3) is 0 Å². The van der Waals surface area contributed by atoms with Crippen LogP contribution >= 0.6 is 0 Å². The second-order valence-electron chi connectivity index (χ2n) is 5.79. The zero-order chi connectivity index (χ0) is 14.7. The molecule has 0 radical (unpaired) electrons. The normalized spacial score (nSPS) is 29.0. The van der Waals surface area contributed by atoms with Crippen molar-refractivity contribution in [3.8, 4) is 0 Å². The maximum atomic E-state index is 12.1. The molecule has 2 fully saturated rings. The van der Waals surface area contributed by atoms with Crippen molar-refractivity contribution in [2.75, 3.05) is 0 Å². The van der Waals surface area contributed by atoms with Crippen LogP contribution in [0.3, 0.4) is 0 Å². The summed E-state index contributed by atoms with van der Waals surface area (Å²) in [6.07, 6.45) is 4.10. The topological polar surface area (TPSA) is 52.6 Å². The van der Waals surface area contributed by atoms with Crippen molar-refractivity contribution in [1.29, 1.82) is 0 Å². The number of esters is 2. The van der Waals surface area contributed by atoms with Gasteiger partial charge in [0.05, 0.1) is 0 Å². The fraction of sp³-hybridized carbons (Fsp3) is 0.529. The minimum Gasteiger partial charge on any atom is -0.459 e. The van der Waals surface area contributed by atoms with E-state index in [9.17, 15) is 9.59 Å². The smallest absolute Gasteiger partial charge is 0.347 e. The third-order valence-electron chi connectivity index (χ3n) is 4.35. The van der Waals surface area contributed by atoms with Crippen LogP contribution in [0.4, 0.5) is 0 Å². The first-order valence-electron chi connectivity index (χ1n) is 7.69. The first kappa shape index (κ1) is 14.1. The number of ether oxygens (including phenoxy) is 2. The minimum absolute atomic E-state index is 0.104. The van der Waals surface area contributed by atoms with Crippen LogP contribution in [0.15, 0.2) is 30.3 Å². The summed E-state index contributed by atoms with van der Waals surface area (Å²) in [5.74, 6) is -0.435. The molecular formula is C17H20O4. The second-order valence-corrected chi connectivity index (χ2v) is 5.79. The monoisotopic (exact) mass is 288 g/mol. The van der Waals surface area contributed by atoms with Crippen LogP contribution < -0.4 is 0 Å².